The van der Waals surface area contributed by atoms with Gasteiger partial charge < -0.3 is 14.7 Å². The number of carbonyl (C=O) groups is 2. The second-order valence-electron chi connectivity index (χ2n) is 6.26. The molecule has 0 spiro atoms. The summed E-state index contributed by atoms with van der Waals surface area (Å²) >= 11 is 0. The first-order valence-electron chi connectivity index (χ1n) is 8.12. The number of amides is 1. The van der Waals surface area contributed by atoms with Gasteiger partial charge in [-0.1, -0.05) is 12.1 Å². The number of benzene rings is 1. The van der Waals surface area contributed by atoms with Gasteiger partial charge in [0.15, 0.2) is 0 Å². The van der Waals surface area contributed by atoms with Crippen molar-refractivity contribution in [2.24, 2.45) is 11.8 Å². The molecule has 1 saturated carbocycles. The lowest BCUT2D eigenvalue weighted by Gasteiger charge is -2.21. The Morgan fingerprint density at radius 1 is 1.22 bits per heavy atom. The van der Waals surface area contributed by atoms with Crippen LogP contribution in [0, 0.1) is 11.8 Å². The molecular formula is C18H25NO4. The number of nitrogens with zero attached hydrogens (tertiary/aromatic N) is 1. The zero-order chi connectivity index (χ0) is 16.8. The molecule has 1 fully saturated rings. The lowest BCUT2D eigenvalue weighted by molar-refractivity contribution is -0.141. The summed E-state index contributed by atoms with van der Waals surface area (Å²) in [7, 11) is 3.46. The maximum absolute atomic E-state index is 12.4. The number of carboxylic acids is 1. The molecule has 0 heterocycles. The summed E-state index contributed by atoms with van der Waals surface area (Å²) in [4.78, 5) is 25.1. The Kier molecular flexibility index (Phi) is 6.02. The smallest absolute Gasteiger partial charge is 0.306 e. The molecule has 0 aliphatic heterocycles. The third kappa shape index (κ3) is 4.71. The highest BCUT2D eigenvalue weighted by molar-refractivity contribution is 5.80. The first kappa shape index (κ1) is 17.3. The maximum Gasteiger partial charge on any atom is 0.306 e. The van der Waals surface area contributed by atoms with Crippen molar-refractivity contribution in [3.8, 4) is 5.75 Å². The van der Waals surface area contributed by atoms with Crippen molar-refractivity contribution in [1.82, 2.24) is 4.90 Å². The fraction of sp³-hybridized carbons (Fsp3) is 0.556. The Bertz CT molecular complexity index is 540. The maximum atomic E-state index is 12.4. The predicted molar refractivity (Wildman–Crippen MR) is 87.4 cm³/mol. The van der Waals surface area contributed by atoms with Crippen LogP contribution in [0.5, 0.6) is 5.75 Å². The minimum Gasteiger partial charge on any atom is -0.497 e. The van der Waals surface area contributed by atoms with E-state index in [4.69, 9.17) is 9.84 Å². The predicted octanol–water partition coefficient (Wildman–Crippen LogP) is 2.59. The average molecular weight is 319 g/mol. The van der Waals surface area contributed by atoms with E-state index in [0.717, 1.165) is 18.6 Å². The molecule has 1 amide bonds. The fourth-order valence-corrected chi connectivity index (χ4v) is 3.16. The van der Waals surface area contributed by atoms with Crippen molar-refractivity contribution in [1.29, 1.82) is 0 Å². The highest BCUT2D eigenvalue weighted by atomic mass is 16.5. The van der Waals surface area contributed by atoms with E-state index in [1.807, 2.05) is 31.3 Å². The van der Waals surface area contributed by atoms with Crippen LogP contribution < -0.4 is 4.74 Å². The van der Waals surface area contributed by atoms with Crippen LogP contribution in [0.25, 0.3) is 0 Å². The summed E-state index contributed by atoms with van der Waals surface area (Å²) in [5, 5.41) is 9.02. The van der Waals surface area contributed by atoms with Crippen LogP contribution in [0.15, 0.2) is 24.3 Å². The van der Waals surface area contributed by atoms with Crippen LogP contribution in [-0.4, -0.2) is 42.6 Å². The van der Waals surface area contributed by atoms with Gasteiger partial charge in [0.25, 0.3) is 0 Å². The normalized spacial score (nSPS) is 20.3. The van der Waals surface area contributed by atoms with Gasteiger partial charge in [-0.05, 0) is 49.8 Å². The molecule has 0 saturated heterocycles. The van der Waals surface area contributed by atoms with E-state index in [2.05, 4.69) is 0 Å². The lowest BCUT2D eigenvalue weighted by Crippen LogP contribution is -2.33. The summed E-state index contributed by atoms with van der Waals surface area (Å²) in [5.74, 6) is -0.320. The summed E-state index contributed by atoms with van der Waals surface area (Å²) < 4.78 is 5.13. The van der Waals surface area contributed by atoms with Gasteiger partial charge >= 0.3 is 5.97 Å². The van der Waals surface area contributed by atoms with Gasteiger partial charge in [-0.3, -0.25) is 9.59 Å². The van der Waals surface area contributed by atoms with Crippen LogP contribution in [0.4, 0.5) is 0 Å². The van der Waals surface area contributed by atoms with E-state index in [9.17, 15) is 9.59 Å². The number of hydrogen-bond donors (Lipinski definition) is 1. The van der Waals surface area contributed by atoms with Crippen molar-refractivity contribution in [2.75, 3.05) is 20.7 Å². The van der Waals surface area contributed by atoms with Crippen molar-refractivity contribution in [3.05, 3.63) is 29.8 Å². The molecule has 0 aromatic heterocycles. The van der Waals surface area contributed by atoms with Gasteiger partial charge in [-0.25, -0.2) is 0 Å². The number of carboxylic acid groups (broad SMARTS) is 1. The first-order chi connectivity index (χ1) is 11.0. The molecule has 0 bridgehead atoms. The molecule has 0 radical (unpaired) electrons. The SMILES string of the molecule is COc1ccc(CCCN(C)C(=O)[C@@H]2CC[C@H](C(=O)O)C2)cc1. The number of aryl methyl sites for hydroxylation is 1. The van der Waals surface area contributed by atoms with Crippen molar-refractivity contribution in [3.63, 3.8) is 0 Å². The summed E-state index contributed by atoms with van der Waals surface area (Å²) in [6, 6.07) is 7.95. The largest absolute Gasteiger partial charge is 0.497 e. The van der Waals surface area contributed by atoms with Crippen LogP contribution in [0.3, 0.4) is 0 Å². The van der Waals surface area contributed by atoms with Gasteiger partial charge in [-0.15, -0.1) is 0 Å². The number of hydrogen-bond acceptors (Lipinski definition) is 3. The van der Waals surface area contributed by atoms with Crippen LogP contribution in [0.2, 0.25) is 0 Å². The van der Waals surface area contributed by atoms with Gasteiger partial charge in [0.05, 0.1) is 13.0 Å². The van der Waals surface area contributed by atoms with Crippen molar-refractivity contribution < 1.29 is 19.4 Å². The highest BCUT2D eigenvalue weighted by Crippen LogP contribution is 2.32. The van der Waals surface area contributed by atoms with E-state index in [1.165, 1.54) is 5.56 Å². The molecule has 2 rings (SSSR count). The van der Waals surface area contributed by atoms with Crippen molar-refractivity contribution in [2.45, 2.75) is 32.1 Å². The van der Waals surface area contributed by atoms with Crippen LogP contribution in [-0.2, 0) is 16.0 Å². The average Bonchev–Trinajstić information content (AvgIpc) is 3.05. The molecular weight excluding hydrogens is 294 g/mol. The second-order valence-corrected chi connectivity index (χ2v) is 6.26. The Morgan fingerprint density at radius 2 is 1.87 bits per heavy atom. The Hall–Kier alpha value is -2.04. The third-order valence-corrected chi connectivity index (χ3v) is 4.63. The number of ether oxygens (including phenoxy) is 1. The zero-order valence-corrected chi connectivity index (χ0v) is 13.8. The molecule has 23 heavy (non-hydrogen) atoms. The standard InChI is InChI=1S/C18H25NO4/c1-19(17(20)14-7-8-15(12-14)18(21)22)11-3-4-13-5-9-16(23-2)10-6-13/h5-6,9-10,14-15H,3-4,7-8,11-12H2,1-2H3,(H,21,22)/t14-,15+/m1/s1. The molecule has 1 aromatic rings. The van der Waals surface area contributed by atoms with E-state index < -0.39 is 5.97 Å². The van der Waals surface area contributed by atoms with Gasteiger partial charge in [0, 0.05) is 19.5 Å². The quantitative estimate of drug-likeness (QED) is 0.839. The first-order valence-corrected chi connectivity index (χ1v) is 8.12. The molecule has 5 heteroatoms. The van der Waals surface area contributed by atoms with Gasteiger partial charge in [0.2, 0.25) is 5.91 Å². The summed E-state index contributed by atoms with van der Waals surface area (Å²) in [5.41, 5.74) is 1.22. The van der Waals surface area contributed by atoms with Gasteiger partial charge in [-0.2, -0.15) is 0 Å². The van der Waals surface area contributed by atoms with Crippen LogP contribution in [0.1, 0.15) is 31.2 Å². The molecule has 1 N–H and O–H groups in total. The molecule has 126 valence electrons. The Balaban J connectivity index is 1.74. The zero-order valence-electron chi connectivity index (χ0n) is 13.8. The molecule has 5 nitrogen and oxygen atoms in total. The van der Waals surface area contributed by atoms with E-state index in [1.54, 1.807) is 12.0 Å². The van der Waals surface area contributed by atoms with Gasteiger partial charge in [0.1, 0.15) is 5.75 Å². The minimum atomic E-state index is -0.776. The highest BCUT2D eigenvalue weighted by Gasteiger charge is 2.34. The van der Waals surface area contributed by atoms with Crippen LogP contribution >= 0.6 is 0 Å². The number of methoxy groups -OCH3 is 1. The third-order valence-electron chi connectivity index (χ3n) is 4.63. The lowest BCUT2D eigenvalue weighted by atomic mass is 10.0. The molecule has 1 aromatic carbocycles. The Morgan fingerprint density at radius 3 is 2.43 bits per heavy atom. The second kappa shape index (κ2) is 7.99. The Labute approximate surface area is 137 Å². The summed E-state index contributed by atoms with van der Waals surface area (Å²) in [6.45, 7) is 0.694. The molecule has 1 aliphatic rings. The van der Waals surface area contributed by atoms with Crippen molar-refractivity contribution >= 4 is 11.9 Å². The monoisotopic (exact) mass is 319 g/mol. The number of rotatable bonds is 7. The topological polar surface area (TPSA) is 66.8 Å². The molecule has 2 atom stereocenters. The fourth-order valence-electron chi connectivity index (χ4n) is 3.16. The minimum absolute atomic E-state index is 0.0866. The van der Waals surface area contributed by atoms with E-state index in [0.29, 0.717) is 25.8 Å². The van der Waals surface area contributed by atoms with E-state index in [-0.39, 0.29) is 17.7 Å². The summed E-state index contributed by atoms with van der Waals surface area (Å²) in [6.07, 6.45) is 3.59. The van der Waals surface area contributed by atoms with E-state index >= 15 is 0 Å². The molecule has 1 aliphatic carbocycles. The number of carbonyl (C=O) groups excluding carboxylic acids is 1. The number of aliphatic carboxylic acids is 1. The molecule has 0 unspecified atom stereocenters.